The number of aromatic nitrogens is 5. The molecular formula is C25H25N7O. The minimum Gasteiger partial charge on any atom is -0.340 e. The van der Waals surface area contributed by atoms with Crippen molar-refractivity contribution < 1.29 is 4.79 Å². The molecule has 8 heteroatoms. The quantitative estimate of drug-likeness (QED) is 0.411. The van der Waals surface area contributed by atoms with Crippen LogP contribution in [0.2, 0.25) is 0 Å². The minimum atomic E-state index is -0.242. The predicted octanol–water partition coefficient (Wildman–Crippen LogP) is 5.19. The maximum Gasteiger partial charge on any atom is 0.256 e. The van der Waals surface area contributed by atoms with Gasteiger partial charge in [-0.25, -0.2) is 9.97 Å². The Bertz CT molecular complexity index is 1290. The summed E-state index contributed by atoms with van der Waals surface area (Å²) >= 11 is 0. The van der Waals surface area contributed by atoms with E-state index in [1.807, 2.05) is 41.0 Å². The van der Waals surface area contributed by atoms with Gasteiger partial charge in [-0.05, 0) is 69.2 Å². The second kappa shape index (κ2) is 8.82. The molecule has 5 rings (SSSR count). The van der Waals surface area contributed by atoms with Crippen LogP contribution in [0.25, 0.3) is 11.5 Å². The van der Waals surface area contributed by atoms with Crippen molar-refractivity contribution in [1.29, 1.82) is 0 Å². The molecule has 1 aromatic carbocycles. The Labute approximate surface area is 192 Å². The van der Waals surface area contributed by atoms with Crippen LogP contribution in [0.1, 0.15) is 54.7 Å². The molecule has 166 valence electrons. The van der Waals surface area contributed by atoms with E-state index in [0.29, 0.717) is 28.8 Å². The third-order valence-electron chi connectivity index (χ3n) is 5.51. The lowest BCUT2D eigenvalue weighted by Crippen LogP contribution is -2.13. The standard InChI is InChI=1S/C25H25N7O/c1-16(2)32-15-26-31-24(32)21-9-5-11-23(29-21)30-25(33)18-6-3-7-19(14-18)27-22-10-4-8-20(28-22)17-12-13-17/h3-11,14-17H,12-13H2,1-2H3,(H,27,28)(H,29,30,33). The van der Waals surface area contributed by atoms with Gasteiger partial charge in [0.15, 0.2) is 5.82 Å². The number of benzene rings is 1. The van der Waals surface area contributed by atoms with Crippen LogP contribution in [-0.2, 0) is 0 Å². The molecule has 1 aliphatic rings. The van der Waals surface area contributed by atoms with Crippen LogP contribution in [0, 0.1) is 0 Å². The second-order valence-corrected chi connectivity index (χ2v) is 8.45. The molecule has 0 atom stereocenters. The van der Waals surface area contributed by atoms with E-state index in [-0.39, 0.29) is 11.9 Å². The van der Waals surface area contributed by atoms with E-state index in [0.717, 1.165) is 17.2 Å². The molecule has 0 unspecified atom stereocenters. The average molecular weight is 440 g/mol. The largest absolute Gasteiger partial charge is 0.340 e. The van der Waals surface area contributed by atoms with Crippen LogP contribution in [0.5, 0.6) is 0 Å². The Hall–Kier alpha value is -4.07. The number of hydrogen-bond acceptors (Lipinski definition) is 6. The van der Waals surface area contributed by atoms with Gasteiger partial charge in [0, 0.05) is 28.9 Å². The van der Waals surface area contributed by atoms with Crippen LogP contribution < -0.4 is 10.6 Å². The molecule has 0 spiro atoms. The molecule has 3 aromatic heterocycles. The van der Waals surface area contributed by atoms with E-state index < -0.39 is 0 Å². The number of carbonyl (C=O) groups excluding carboxylic acids is 1. The first-order chi connectivity index (χ1) is 16.1. The highest BCUT2D eigenvalue weighted by Crippen LogP contribution is 2.39. The zero-order valence-electron chi connectivity index (χ0n) is 18.6. The van der Waals surface area contributed by atoms with E-state index in [9.17, 15) is 4.79 Å². The monoisotopic (exact) mass is 439 g/mol. The van der Waals surface area contributed by atoms with E-state index >= 15 is 0 Å². The Morgan fingerprint density at radius 1 is 1.00 bits per heavy atom. The van der Waals surface area contributed by atoms with Gasteiger partial charge in [0.2, 0.25) is 0 Å². The van der Waals surface area contributed by atoms with E-state index in [4.69, 9.17) is 4.98 Å². The molecule has 1 aliphatic carbocycles. The number of carbonyl (C=O) groups is 1. The molecule has 0 radical (unpaired) electrons. The van der Waals surface area contributed by atoms with E-state index in [1.165, 1.54) is 12.8 Å². The molecule has 1 saturated carbocycles. The summed E-state index contributed by atoms with van der Waals surface area (Å²) in [6, 6.07) is 19.0. The summed E-state index contributed by atoms with van der Waals surface area (Å²) in [5.74, 6) is 2.23. The Balaban J connectivity index is 1.31. The zero-order valence-corrected chi connectivity index (χ0v) is 18.6. The van der Waals surface area contributed by atoms with Gasteiger partial charge in [0.05, 0.1) is 0 Å². The highest BCUT2D eigenvalue weighted by Gasteiger charge is 2.24. The first kappa shape index (κ1) is 20.8. The highest BCUT2D eigenvalue weighted by molar-refractivity contribution is 6.04. The fraction of sp³-hybridized carbons (Fsp3) is 0.240. The van der Waals surface area contributed by atoms with Crippen LogP contribution >= 0.6 is 0 Å². The molecule has 3 heterocycles. The van der Waals surface area contributed by atoms with Gasteiger partial charge >= 0.3 is 0 Å². The number of anilines is 3. The van der Waals surface area contributed by atoms with Gasteiger partial charge in [0.25, 0.3) is 5.91 Å². The molecule has 1 fully saturated rings. The molecule has 8 nitrogen and oxygen atoms in total. The third kappa shape index (κ3) is 4.74. The molecule has 33 heavy (non-hydrogen) atoms. The van der Waals surface area contributed by atoms with Gasteiger partial charge in [-0.15, -0.1) is 10.2 Å². The van der Waals surface area contributed by atoms with Crippen molar-refractivity contribution in [3.63, 3.8) is 0 Å². The molecule has 0 aliphatic heterocycles. The fourth-order valence-electron chi connectivity index (χ4n) is 3.63. The number of nitrogens with one attached hydrogen (secondary N) is 2. The van der Waals surface area contributed by atoms with Crippen molar-refractivity contribution >= 4 is 23.2 Å². The summed E-state index contributed by atoms with van der Waals surface area (Å²) in [7, 11) is 0. The maximum atomic E-state index is 12.9. The van der Waals surface area contributed by atoms with Crippen LogP contribution in [0.4, 0.5) is 17.3 Å². The summed E-state index contributed by atoms with van der Waals surface area (Å²) in [5, 5.41) is 14.4. The minimum absolute atomic E-state index is 0.199. The highest BCUT2D eigenvalue weighted by atomic mass is 16.1. The van der Waals surface area contributed by atoms with Gasteiger partial charge < -0.3 is 15.2 Å². The van der Waals surface area contributed by atoms with E-state index in [2.05, 4.69) is 45.7 Å². The van der Waals surface area contributed by atoms with Crippen LogP contribution in [-0.4, -0.2) is 30.6 Å². The summed E-state index contributed by atoms with van der Waals surface area (Å²) in [4.78, 5) is 22.2. The van der Waals surface area contributed by atoms with Crippen molar-refractivity contribution in [1.82, 2.24) is 24.7 Å². The number of amides is 1. The van der Waals surface area contributed by atoms with Crippen LogP contribution in [0.15, 0.2) is 67.0 Å². The molecule has 4 aromatic rings. The Kier molecular flexibility index (Phi) is 5.56. The van der Waals surface area contributed by atoms with Crippen molar-refractivity contribution in [2.45, 2.75) is 38.6 Å². The predicted molar refractivity (Wildman–Crippen MR) is 128 cm³/mol. The summed E-state index contributed by atoms with van der Waals surface area (Å²) < 4.78 is 1.94. The lowest BCUT2D eigenvalue weighted by Gasteiger charge is -2.11. The zero-order chi connectivity index (χ0) is 22.8. The lowest BCUT2D eigenvalue weighted by atomic mass is 10.2. The first-order valence-electron chi connectivity index (χ1n) is 11.1. The van der Waals surface area contributed by atoms with Gasteiger partial charge in [-0.2, -0.15) is 0 Å². The molecule has 1 amide bonds. The SMILES string of the molecule is CC(C)n1cnnc1-c1cccc(NC(=O)c2cccc(Nc3cccc(C4CC4)n3)c2)n1. The second-order valence-electron chi connectivity index (χ2n) is 8.45. The molecule has 0 saturated heterocycles. The lowest BCUT2D eigenvalue weighted by molar-refractivity contribution is 0.102. The normalized spacial score (nSPS) is 13.2. The first-order valence-corrected chi connectivity index (χ1v) is 11.1. The Morgan fingerprint density at radius 2 is 1.79 bits per heavy atom. The van der Waals surface area contributed by atoms with Gasteiger partial charge in [-0.1, -0.05) is 18.2 Å². The van der Waals surface area contributed by atoms with Crippen molar-refractivity contribution in [3.05, 3.63) is 78.2 Å². The number of rotatable bonds is 7. The van der Waals surface area contributed by atoms with Crippen molar-refractivity contribution in [3.8, 4) is 11.5 Å². The van der Waals surface area contributed by atoms with E-state index in [1.54, 1.807) is 24.5 Å². The summed E-state index contributed by atoms with van der Waals surface area (Å²) in [6.07, 6.45) is 4.09. The third-order valence-corrected chi connectivity index (χ3v) is 5.51. The molecule has 2 N–H and O–H groups in total. The molecular weight excluding hydrogens is 414 g/mol. The molecule has 0 bridgehead atoms. The topological polar surface area (TPSA) is 97.6 Å². The smallest absolute Gasteiger partial charge is 0.256 e. The average Bonchev–Trinajstić information content (AvgIpc) is 3.55. The van der Waals surface area contributed by atoms with Crippen LogP contribution in [0.3, 0.4) is 0 Å². The van der Waals surface area contributed by atoms with Crippen molar-refractivity contribution in [2.24, 2.45) is 0 Å². The van der Waals surface area contributed by atoms with Gasteiger partial charge in [-0.3, -0.25) is 4.79 Å². The summed E-state index contributed by atoms with van der Waals surface area (Å²) in [5.41, 5.74) is 3.09. The number of pyridine rings is 2. The van der Waals surface area contributed by atoms with Crippen molar-refractivity contribution in [2.75, 3.05) is 10.6 Å². The number of nitrogens with zero attached hydrogens (tertiary/aromatic N) is 5. The number of hydrogen-bond donors (Lipinski definition) is 2. The fourth-order valence-corrected chi connectivity index (χ4v) is 3.63. The summed E-state index contributed by atoms with van der Waals surface area (Å²) in [6.45, 7) is 4.11. The Morgan fingerprint density at radius 3 is 2.61 bits per heavy atom. The van der Waals surface area contributed by atoms with Gasteiger partial charge in [0.1, 0.15) is 23.7 Å². The maximum absolute atomic E-state index is 12.9.